The number of rotatable bonds is 9. The first-order chi connectivity index (χ1) is 18.7. The van der Waals surface area contributed by atoms with E-state index < -0.39 is 39.6 Å². The lowest BCUT2D eigenvalue weighted by molar-refractivity contribution is -0.384. The highest BCUT2D eigenvalue weighted by atomic mass is 35.5. The van der Waals surface area contributed by atoms with Crippen molar-refractivity contribution in [3.05, 3.63) is 109 Å². The van der Waals surface area contributed by atoms with Crippen molar-refractivity contribution in [1.29, 1.82) is 0 Å². The molecule has 0 aromatic heterocycles. The van der Waals surface area contributed by atoms with Gasteiger partial charge in [-0.1, -0.05) is 77.8 Å². The number of carbonyl (C=O) groups excluding carboxylic acids is 3. The van der Waals surface area contributed by atoms with Crippen LogP contribution in [0.4, 0.5) is 10.5 Å². The zero-order valence-electron chi connectivity index (χ0n) is 20.5. The van der Waals surface area contributed by atoms with Gasteiger partial charge in [-0.2, -0.15) is 0 Å². The second kappa shape index (κ2) is 12.6. The van der Waals surface area contributed by atoms with E-state index in [0.717, 1.165) is 36.1 Å². The molecule has 10 nitrogen and oxygen atoms in total. The molecule has 0 unspecified atom stereocenters. The molecule has 3 aromatic carbocycles. The molecule has 0 radical (unpaired) electrons. The number of urea groups is 1. The Labute approximate surface area is 233 Å². The lowest BCUT2D eigenvalue weighted by Crippen LogP contribution is -2.51. The number of nitrogens with zero attached hydrogens (tertiary/aromatic N) is 1. The van der Waals surface area contributed by atoms with Crippen LogP contribution in [0.3, 0.4) is 0 Å². The lowest BCUT2D eigenvalue weighted by Gasteiger charge is -2.20. The number of carbonyl (C=O) groups is 3. The molecule has 0 spiro atoms. The van der Waals surface area contributed by atoms with Crippen LogP contribution in [0.1, 0.15) is 39.5 Å². The number of ether oxygens (including phenoxy) is 1. The van der Waals surface area contributed by atoms with E-state index in [1.807, 2.05) is 30.3 Å². The number of nitro benzene ring substituents is 1. The summed E-state index contributed by atoms with van der Waals surface area (Å²) in [4.78, 5) is 49.2. The van der Waals surface area contributed by atoms with E-state index in [9.17, 15) is 24.5 Å². The first-order valence-electron chi connectivity index (χ1n) is 12.0. The van der Waals surface area contributed by atoms with Crippen molar-refractivity contribution >= 4 is 46.8 Å². The fourth-order valence-electron chi connectivity index (χ4n) is 4.25. The number of nitro groups is 1. The number of benzene rings is 3. The van der Waals surface area contributed by atoms with Gasteiger partial charge in [-0.25, -0.2) is 9.59 Å². The summed E-state index contributed by atoms with van der Waals surface area (Å²) in [5, 5.41) is 18.6. The second-order valence-corrected chi connectivity index (χ2v) is 9.56. The predicted octanol–water partition coefficient (Wildman–Crippen LogP) is 4.73. The molecule has 3 amide bonds. The Morgan fingerprint density at radius 3 is 2.49 bits per heavy atom. The van der Waals surface area contributed by atoms with Gasteiger partial charge >= 0.3 is 12.0 Å². The highest BCUT2D eigenvalue weighted by Crippen LogP contribution is 2.33. The van der Waals surface area contributed by atoms with Gasteiger partial charge < -0.3 is 20.7 Å². The van der Waals surface area contributed by atoms with Crippen LogP contribution in [0, 0.1) is 10.1 Å². The summed E-state index contributed by atoms with van der Waals surface area (Å²) in [6.07, 6.45) is 1.56. The minimum absolute atomic E-state index is 0.0740. The molecule has 12 heteroatoms. The number of fused-ring (bicyclic) bond motifs is 1. The van der Waals surface area contributed by atoms with Gasteiger partial charge in [0.25, 0.3) is 11.6 Å². The third-order valence-electron chi connectivity index (χ3n) is 6.21. The van der Waals surface area contributed by atoms with E-state index in [1.165, 1.54) is 0 Å². The largest absolute Gasteiger partial charge is 0.459 e. The average molecular weight is 571 g/mol. The van der Waals surface area contributed by atoms with Crippen LogP contribution in [0.5, 0.6) is 0 Å². The summed E-state index contributed by atoms with van der Waals surface area (Å²) in [6.45, 7) is -0.404. The topological polar surface area (TPSA) is 140 Å². The molecule has 0 bridgehead atoms. The smallest absolute Gasteiger partial charge is 0.330 e. The molecule has 3 N–H and O–H groups in total. The first kappa shape index (κ1) is 27.9. The molecule has 0 saturated heterocycles. The standard InChI is InChI=1S/C27H24Cl2N4O6/c28-19-11-13-22(33(37)38)24(29)23(19)25(34)31-21(26(35)39-15-16-6-2-1-3-7-16)14-30-27(36)32-20-12-10-17-8-4-5-9-18(17)20/h1-9,11,13,20-21H,10,12,14-15H2,(H,31,34)(H2,30,32,36)/t20-,21+/m1/s1. The van der Waals surface area contributed by atoms with Crippen LogP contribution in [-0.2, 0) is 22.6 Å². The third kappa shape index (κ3) is 6.84. The fraction of sp³-hybridized carbons (Fsp3) is 0.222. The van der Waals surface area contributed by atoms with Crippen molar-refractivity contribution in [3.8, 4) is 0 Å². The van der Waals surface area contributed by atoms with Gasteiger partial charge in [-0.05, 0) is 35.6 Å². The molecule has 0 saturated carbocycles. The van der Waals surface area contributed by atoms with Crippen LogP contribution >= 0.6 is 23.2 Å². The Bertz CT molecular complexity index is 1400. The Balaban J connectivity index is 1.47. The average Bonchev–Trinajstić information content (AvgIpc) is 3.32. The van der Waals surface area contributed by atoms with Gasteiger partial charge in [-0.3, -0.25) is 14.9 Å². The molecular formula is C27H24Cl2N4O6. The quantitative estimate of drug-likeness (QED) is 0.193. The molecule has 1 aliphatic rings. The monoisotopic (exact) mass is 570 g/mol. The van der Waals surface area contributed by atoms with E-state index in [0.29, 0.717) is 5.56 Å². The molecule has 0 heterocycles. The molecule has 0 fully saturated rings. The minimum atomic E-state index is -1.35. The van der Waals surface area contributed by atoms with Gasteiger partial charge in [0.15, 0.2) is 0 Å². The molecule has 4 rings (SSSR count). The first-order valence-corrected chi connectivity index (χ1v) is 12.8. The summed E-state index contributed by atoms with van der Waals surface area (Å²) in [7, 11) is 0. The Morgan fingerprint density at radius 2 is 1.74 bits per heavy atom. The third-order valence-corrected chi connectivity index (χ3v) is 6.91. The Morgan fingerprint density at radius 1 is 1.03 bits per heavy atom. The van der Waals surface area contributed by atoms with Gasteiger partial charge in [0.2, 0.25) is 0 Å². The van der Waals surface area contributed by atoms with Crippen molar-refractivity contribution in [3.63, 3.8) is 0 Å². The van der Waals surface area contributed by atoms with Crippen molar-refractivity contribution in [1.82, 2.24) is 16.0 Å². The number of halogens is 2. The van der Waals surface area contributed by atoms with E-state index in [1.54, 1.807) is 24.3 Å². The lowest BCUT2D eigenvalue weighted by atomic mass is 10.1. The molecule has 2 atom stereocenters. The number of esters is 1. The number of aryl methyl sites for hydroxylation is 1. The summed E-state index contributed by atoms with van der Waals surface area (Å²) < 4.78 is 5.36. The summed E-state index contributed by atoms with van der Waals surface area (Å²) in [5.41, 5.74) is 1.99. The van der Waals surface area contributed by atoms with Crippen molar-refractivity contribution in [2.24, 2.45) is 0 Å². The number of hydrogen-bond acceptors (Lipinski definition) is 6. The van der Waals surface area contributed by atoms with Crippen LogP contribution in [-0.4, -0.2) is 35.4 Å². The van der Waals surface area contributed by atoms with Crippen molar-refractivity contribution in [2.45, 2.75) is 31.5 Å². The number of nitrogens with one attached hydrogen (secondary N) is 3. The van der Waals surface area contributed by atoms with Gasteiger partial charge in [0.1, 0.15) is 17.7 Å². The summed E-state index contributed by atoms with van der Waals surface area (Å²) >= 11 is 12.2. The maximum atomic E-state index is 13.1. The van der Waals surface area contributed by atoms with Crippen molar-refractivity contribution < 1.29 is 24.0 Å². The molecule has 39 heavy (non-hydrogen) atoms. The summed E-state index contributed by atoms with van der Waals surface area (Å²) in [6, 6.07) is 16.8. The molecule has 202 valence electrons. The minimum Gasteiger partial charge on any atom is -0.459 e. The van der Waals surface area contributed by atoms with Crippen LogP contribution in [0.15, 0.2) is 66.7 Å². The van der Waals surface area contributed by atoms with E-state index in [2.05, 4.69) is 16.0 Å². The SMILES string of the molecule is O=C(NC[C@H](NC(=O)c1c(Cl)ccc([N+](=O)[O-])c1Cl)C(=O)OCc1ccccc1)N[C@@H]1CCc2ccccc21. The molecular weight excluding hydrogens is 547 g/mol. The molecule has 0 aliphatic heterocycles. The molecule has 3 aromatic rings. The highest BCUT2D eigenvalue weighted by molar-refractivity contribution is 6.41. The van der Waals surface area contributed by atoms with E-state index in [4.69, 9.17) is 27.9 Å². The van der Waals surface area contributed by atoms with Crippen molar-refractivity contribution in [2.75, 3.05) is 6.54 Å². The zero-order chi connectivity index (χ0) is 27.9. The predicted molar refractivity (Wildman–Crippen MR) is 145 cm³/mol. The Hall–Kier alpha value is -4.15. The van der Waals surface area contributed by atoms with Crippen LogP contribution in [0.25, 0.3) is 0 Å². The van der Waals surface area contributed by atoms with E-state index in [-0.39, 0.29) is 29.8 Å². The van der Waals surface area contributed by atoms with Gasteiger partial charge in [0, 0.05) is 6.07 Å². The maximum Gasteiger partial charge on any atom is 0.330 e. The van der Waals surface area contributed by atoms with Crippen LogP contribution in [0.2, 0.25) is 10.0 Å². The van der Waals surface area contributed by atoms with Gasteiger partial charge in [-0.15, -0.1) is 0 Å². The normalized spacial score (nSPS) is 14.6. The van der Waals surface area contributed by atoms with Gasteiger partial charge in [0.05, 0.1) is 28.1 Å². The zero-order valence-corrected chi connectivity index (χ0v) is 22.0. The summed E-state index contributed by atoms with van der Waals surface area (Å²) in [5.74, 6) is -1.78. The highest BCUT2D eigenvalue weighted by Gasteiger charge is 2.29. The molecule has 1 aliphatic carbocycles. The Kier molecular flexibility index (Phi) is 9.00. The second-order valence-electron chi connectivity index (χ2n) is 8.78. The van der Waals surface area contributed by atoms with E-state index >= 15 is 0 Å². The maximum absolute atomic E-state index is 13.1. The number of hydrogen-bond donors (Lipinski definition) is 3. The fourth-order valence-corrected chi connectivity index (χ4v) is 4.87. The number of amides is 3. The van der Waals surface area contributed by atoms with Crippen LogP contribution < -0.4 is 16.0 Å².